The lowest BCUT2D eigenvalue weighted by atomic mass is 10.2. The van der Waals surface area contributed by atoms with Crippen molar-refractivity contribution in [3.63, 3.8) is 0 Å². The number of amidine groups is 1. The first kappa shape index (κ1) is 10.9. The number of aryl methyl sites for hydroxylation is 1. The number of nitrogens with one attached hydrogen (secondary N) is 2. The Hall–Kier alpha value is -1.63. The SMILES string of the molecule is Cc1ccc([NH+]([O-])O)cc1NC1=NCCO1. The van der Waals surface area contributed by atoms with Gasteiger partial charge in [-0.1, -0.05) is 6.07 Å². The minimum Gasteiger partial charge on any atom is -0.595 e. The molecule has 0 radical (unpaired) electrons. The molecule has 0 saturated heterocycles. The van der Waals surface area contributed by atoms with E-state index >= 15 is 0 Å². The third-order valence-corrected chi connectivity index (χ3v) is 2.31. The molecule has 0 fully saturated rings. The molecule has 1 aromatic rings. The Bertz CT molecular complexity index is 418. The summed E-state index contributed by atoms with van der Waals surface area (Å²) in [6.07, 6.45) is 0. The highest BCUT2D eigenvalue weighted by molar-refractivity contribution is 5.91. The summed E-state index contributed by atoms with van der Waals surface area (Å²) in [7, 11) is 0. The van der Waals surface area contributed by atoms with Crippen molar-refractivity contribution in [2.24, 2.45) is 4.99 Å². The Morgan fingerprint density at radius 3 is 3.00 bits per heavy atom. The van der Waals surface area contributed by atoms with Crippen LogP contribution in [0.4, 0.5) is 11.4 Å². The number of ether oxygens (including phenoxy) is 1. The van der Waals surface area contributed by atoms with Crippen molar-refractivity contribution in [2.75, 3.05) is 18.5 Å². The smallest absolute Gasteiger partial charge is 0.289 e. The molecular weight excluding hydrogens is 210 g/mol. The summed E-state index contributed by atoms with van der Waals surface area (Å²) in [5, 5.41) is 21.7. The van der Waals surface area contributed by atoms with Crippen molar-refractivity contribution in [1.29, 1.82) is 0 Å². The van der Waals surface area contributed by atoms with E-state index in [4.69, 9.17) is 9.94 Å². The van der Waals surface area contributed by atoms with Gasteiger partial charge < -0.3 is 15.3 Å². The van der Waals surface area contributed by atoms with E-state index in [1.54, 1.807) is 18.2 Å². The van der Waals surface area contributed by atoms with Gasteiger partial charge in [-0.3, -0.25) is 0 Å². The van der Waals surface area contributed by atoms with Crippen LogP contribution < -0.4 is 10.5 Å². The van der Waals surface area contributed by atoms with Crippen LogP contribution in [0.5, 0.6) is 0 Å². The molecule has 0 spiro atoms. The highest BCUT2D eigenvalue weighted by Crippen LogP contribution is 2.18. The van der Waals surface area contributed by atoms with Gasteiger partial charge in [-0.05, 0) is 12.5 Å². The molecule has 16 heavy (non-hydrogen) atoms. The van der Waals surface area contributed by atoms with E-state index in [0.717, 1.165) is 5.56 Å². The van der Waals surface area contributed by atoms with Gasteiger partial charge in [0, 0.05) is 12.1 Å². The predicted molar refractivity (Wildman–Crippen MR) is 58.8 cm³/mol. The number of nitrogens with zero attached hydrogens (tertiary/aromatic N) is 1. The highest BCUT2D eigenvalue weighted by Gasteiger charge is 2.10. The fourth-order valence-corrected chi connectivity index (χ4v) is 1.42. The zero-order chi connectivity index (χ0) is 11.5. The van der Waals surface area contributed by atoms with Crippen LogP contribution in [-0.4, -0.2) is 24.4 Å². The average molecular weight is 223 g/mol. The van der Waals surface area contributed by atoms with Crippen LogP contribution >= 0.6 is 0 Å². The molecule has 86 valence electrons. The van der Waals surface area contributed by atoms with Gasteiger partial charge in [0.2, 0.25) is 0 Å². The minimum atomic E-state index is -0.947. The van der Waals surface area contributed by atoms with E-state index in [0.29, 0.717) is 24.9 Å². The van der Waals surface area contributed by atoms with Gasteiger partial charge in [-0.15, -0.1) is 0 Å². The van der Waals surface area contributed by atoms with Gasteiger partial charge in [0.1, 0.15) is 6.61 Å². The Kier molecular flexibility index (Phi) is 3.04. The van der Waals surface area contributed by atoms with E-state index in [1.807, 2.05) is 6.92 Å². The van der Waals surface area contributed by atoms with Gasteiger partial charge in [0.05, 0.1) is 12.2 Å². The molecule has 0 aromatic heterocycles. The van der Waals surface area contributed by atoms with E-state index in [2.05, 4.69) is 10.3 Å². The second-order valence-corrected chi connectivity index (χ2v) is 3.50. The van der Waals surface area contributed by atoms with Crippen molar-refractivity contribution in [2.45, 2.75) is 6.92 Å². The molecule has 0 amide bonds. The summed E-state index contributed by atoms with van der Waals surface area (Å²) >= 11 is 0. The monoisotopic (exact) mass is 223 g/mol. The number of benzene rings is 1. The number of aliphatic imine (C=N–C) groups is 1. The van der Waals surface area contributed by atoms with Gasteiger partial charge in [-0.2, -0.15) is 5.23 Å². The lowest BCUT2D eigenvalue weighted by Crippen LogP contribution is -2.99. The molecule has 1 unspecified atom stereocenters. The van der Waals surface area contributed by atoms with Crippen molar-refractivity contribution in [3.8, 4) is 0 Å². The number of rotatable bonds is 2. The van der Waals surface area contributed by atoms with Crippen molar-refractivity contribution in [3.05, 3.63) is 29.0 Å². The molecule has 3 N–H and O–H groups in total. The van der Waals surface area contributed by atoms with Crippen molar-refractivity contribution < 1.29 is 15.2 Å². The summed E-state index contributed by atoms with van der Waals surface area (Å²) in [5.41, 5.74) is 1.90. The van der Waals surface area contributed by atoms with Crippen molar-refractivity contribution in [1.82, 2.24) is 0 Å². The van der Waals surface area contributed by atoms with Crippen LogP contribution in [0.1, 0.15) is 5.56 Å². The summed E-state index contributed by atoms with van der Waals surface area (Å²) in [6, 6.07) is 5.34. The first-order valence-corrected chi connectivity index (χ1v) is 4.95. The second-order valence-electron chi connectivity index (χ2n) is 3.50. The van der Waals surface area contributed by atoms with E-state index in [1.165, 1.54) is 0 Å². The second kappa shape index (κ2) is 4.48. The maximum Gasteiger partial charge on any atom is 0.289 e. The van der Waals surface area contributed by atoms with Crippen LogP contribution in [0, 0.1) is 12.1 Å². The largest absolute Gasteiger partial charge is 0.595 e. The summed E-state index contributed by atoms with van der Waals surface area (Å²) in [4.78, 5) is 4.08. The maximum absolute atomic E-state index is 10.8. The van der Waals surface area contributed by atoms with Crippen LogP contribution in [-0.2, 0) is 4.74 Å². The van der Waals surface area contributed by atoms with Gasteiger partial charge >= 0.3 is 0 Å². The van der Waals surface area contributed by atoms with Crippen molar-refractivity contribution >= 4 is 17.4 Å². The van der Waals surface area contributed by atoms with Crippen LogP contribution in [0.25, 0.3) is 0 Å². The number of quaternary nitrogens is 1. The summed E-state index contributed by atoms with van der Waals surface area (Å²) in [6.45, 7) is 3.10. The zero-order valence-electron chi connectivity index (χ0n) is 8.86. The van der Waals surface area contributed by atoms with Gasteiger partial charge in [-0.25, -0.2) is 10.2 Å². The Labute approximate surface area is 92.7 Å². The van der Waals surface area contributed by atoms with Gasteiger partial charge in [0.15, 0.2) is 5.69 Å². The van der Waals surface area contributed by atoms with Crippen LogP contribution in [0.3, 0.4) is 0 Å². The topological polar surface area (TPSA) is 81.4 Å². The van der Waals surface area contributed by atoms with E-state index < -0.39 is 5.23 Å². The molecule has 6 heteroatoms. The van der Waals surface area contributed by atoms with E-state index in [-0.39, 0.29) is 5.69 Å². The molecular formula is C10H13N3O3. The molecule has 0 bridgehead atoms. The molecule has 1 atom stereocenters. The standard InChI is InChI=1S/C10H13N3O3/c1-7-2-3-8(13(14)15)6-9(7)12-10-11-4-5-16-10/h2-3,6,13-14H,4-5H2,1H3,(H,11,12). The summed E-state index contributed by atoms with van der Waals surface area (Å²) < 4.78 is 5.20. The Morgan fingerprint density at radius 2 is 2.38 bits per heavy atom. The number of hydrogen-bond donors (Lipinski definition) is 3. The van der Waals surface area contributed by atoms with Gasteiger partial charge in [0.25, 0.3) is 6.02 Å². The maximum atomic E-state index is 10.8. The third kappa shape index (κ3) is 2.30. The molecule has 1 heterocycles. The molecule has 6 nitrogen and oxygen atoms in total. The number of hydrogen-bond acceptors (Lipinski definition) is 5. The minimum absolute atomic E-state index is 0.242. The lowest BCUT2D eigenvalue weighted by Gasteiger charge is -2.14. The van der Waals surface area contributed by atoms with Crippen LogP contribution in [0.2, 0.25) is 0 Å². The molecule has 1 aromatic carbocycles. The quantitative estimate of drug-likeness (QED) is 0.625. The molecule has 1 aliphatic rings. The molecule has 1 aliphatic heterocycles. The van der Waals surface area contributed by atoms with E-state index in [9.17, 15) is 5.21 Å². The highest BCUT2D eigenvalue weighted by atomic mass is 16.8. The predicted octanol–water partition coefficient (Wildman–Crippen LogP) is 0.197. The van der Waals surface area contributed by atoms with Crippen LogP contribution in [0.15, 0.2) is 23.2 Å². The number of anilines is 1. The first-order chi connectivity index (χ1) is 7.66. The fraction of sp³-hybridized carbons (Fsp3) is 0.300. The lowest BCUT2D eigenvalue weighted by molar-refractivity contribution is -0.991. The molecule has 0 saturated carbocycles. The average Bonchev–Trinajstić information content (AvgIpc) is 2.73. The zero-order valence-corrected chi connectivity index (χ0v) is 8.86. The first-order valence-electron chi connectivity index (χ1n) is 4.95. The summed E-state index contributed by atoms with van der Waals surface area (Å²) in [5.74, 6) is 0. The molecule has 0 aliphatic carbocycles. The fourth-order valence-electron chi connectivity index (χ4n) is 1.42. The Morgan fingerprint density at radius 1 is 1.56 bits per heavy atom. The third-order valence-electron chi connectivity index (χ3n) is 2.31. The molecule has 2 rings (SSSR count). The normalized spacial score (nSPS) is 16.6. The Balaban J connectivity index is 2.21.